The van der Waals surface area contributed by atoms with Crippen LogP contribution < -0.4 is 9.64 Å². The molecule has 0 radical (unpaired) electrons. The fourth-order valence-corrected chi connectivity index (χ4v) is 8.13. The molecule has 250 valence electrons. The quantitative estimate of drug-likeness (QED) is 0.389. The van der Waals surface area contributed by atoms with Gasteiger partial charge in [-0.25, -0.2) is 0 Å². The van der Waals surface area contributed by atoms with E-state index in [0.717, 1.165) is 13.1 Å². The van der Waals surface area contributed by atoms with Crippen LogP contribution in [-0.2, 0) is 23.9 Å². The van der Waals surface area contributed by atoms with Gasteiger partial charge in [-0.2, -0.15) is 0 Å². The number of rotatable bonds is 10. The molecule has 6 atom stereocenters. The van der Waals surface area contributed by atoms with Crippen molar-refractivity contribution in [1.29, 1.82) is 0 Å². The van der Waals surface area contributed by atoms with E-state index >= 15 is 0 Å². The first kappa shape index (κ1) is 32.7. The van der Waals surface area contributed by atoms with Crippen molar-refractivity contribution in [3.8, 4) is 5.75 Å². The Morgan fingerprint density at radius 3 is 2.35 bits per heavy atom. The van der Waals surface area contributed by atoms with Gasteiger partial charge in [0.05, 0.1) is 49.9 Å². The Morgan fingerprint density at radius 1 is 0.957 bits per heavy atom. The lowest BCUT2D eigenvalue weighted by Crippen LogP contribution is -2.59. The summed E-state index contributed by atoms with van der Waals surface area (Å²) in [6.45, 7) is 12.9. The Balaban J connectivity index is 1.38. The van der Waals surface area contributed by atoms with Crippen molar-refractivity contribution in [2.45, 2.75) is 57.4 Å². The number of ether oxygens (including phenoxy) is 3. The minimum atomic E-state index is -1.37. The van der Waals surface area contributed by atoms with Gasteiger partial charge in [0.2, 0.25) is 17.7 Å². The average Bonchev–Trinajstić information content (AvgIpc) is 3.32. The molecule has 1 unspecified atom stereocenters. The normalized spacial score (nSPS) is 32.0. The van der Waals surface area contributed by atoms with Gasteiger partial charge >= 0.3 is 0 Å². The van der Waals surface area contributed by atoms with Crippen LogP contribution in [-0.4, -0.2) is 127 Å². The largest absolute Gasteiger partial charge is 0.494 e. The maximum Gasteiger partial charge on any atom is 0.249 e. The second-order valence-electron chi connectivity index (χ2n) is 13.6. The molecule has 11 heteroatoms. The summed E-state index contributed by atoms with van der Waals surface area (Å²) in [5.74, 6) is -1.71. The number of likely N-dealkylation sites (tertiary alicyclic amines) is 1. The van der Waals surface area contributed by atoms with Gasteiger partial charge < -0.3 is 34.0 Å². The first-order chi connectivity index (χ1) is 22.1. The van der Waals surface area contributed by atoms with E-state index in [0.29, 0.717) is 63.9 Å². The number of fused-ring (bicyclic) bond motifs is 2. The lowest BCUT2D eigenvalue weighted by molar-refractivity contribution is -0.154. The SMILES string of the molecule is CCOc1ccc(N2CC=C[C@]3(C)O[C@]45C=CCN(CCN6CCOCC6)C(=O)C4N([C@@H](CO)CC(C)C)C(=O)[C@@H]5[C@@H]3C2=O)cc1. The fourth-order valence-electron chi connectivity index (χ4n) is 8.13. The molecule has 5 aliphatic rings. The molecule has 1 spiro atoms. The van der Waals surface area contributed by atoms with E-state index in [1.165, 1.54) is 0 Å². The van der Waals surface area contributed by atoms with Gasteiger partial charge in [-0.15, -0.1) is 0 Å². The number of morpholine rings is 1. The first-order valence-corrected chi connectivity index (χ1v) is 16.7. The predicted molar refractivity (Wildman–Crippen MR) is 172 cm³/mol. The van der Waals surface area contributed by atoms with Crippen molar-refractivity contribution in [1.82, 2.24) is 14.7 Å². The van der Waals surface area contributed by atoms with Crippen molar-refractivity contribution in [3.63, 3.8) is 0 Å². The Kier molecular flexibility index (Phi) is 9.31. The van der Waals surface area contributed by atoms with Crippen molar-refractivity contribution < 1.29 is 33.7 Å². The van der Waals surface area contributed by atoms with Crippen molar-refractivity contribution >= 4 is 23.4 Å². The van der Waals surface area contributed by atoms with Crippen molar-refractivity contribution in [2.24, 2.45) is 17.8 Å². The van der Waals surface area contributed by atoms with E-state index in [-0.39, 0.29) is 30.2 Å². The molecule has 11 nitrogen and oxygen atoms in total. The third kappa shape index (κ3) is 5.65. The maximum atomic E-state index is 14.8. The molecule has 1 aromatic carbocycles. The molecular formula is C35H48N4O7. The number of carbonyl (C=O) groups excluding carboxylic acids is 3. The van der Waals surface area contributed by atoms with Crippen LogP contribution in [0.15, 0.2) is 48.6 Å². The standard InChI is InChI=1S/C35H48N4O7/c1-5-45-27-10-8-25(9-11-27)38-15-6-12-34(4)28(31(38)41)29-32(42)39(26(23-40)22-24(2)3)30-33(43)37(14-7-13-35(29,30)46-34)17-16-36-18-20-44-21-19-36/h6-13,24,26,28-30,40H,5,14-23H2,1-4H3/t26-,28-,29+,30?,34+,35+/m1/s1. The monoisotopic (exact) mass is 636 g/mol. The second kappa shape index (κ2) is 13.1. The summed E-state index contributed by atoms with van der Waals surface area (Å²) < 4.78 is 18.1. The molecule has 1 N–H and O–H groups in total. The van der Waals surface area contributed by atoms with Gasteiger partial charge in [-0.05, 0) is 50.5 Å². The maximum absolute atomic E-state index is 14.8. The molecule has 46 heavy (non-hydrogen) atoms. The zero-order valence-corrected chi connectivity index (χ0v) is 27.5. The summed E-state index contributed by atoms with van der Waals surface area (Å²) in [5, 5.41) is 10.6. The molecule has 6 rings (SSSR count). The topological polar surface area (TPSA) is 112 Å². The molecule has 3 amide bonds. The third-order valence-corrected chi connectivity index (χ3v) is 10.2. The summed E-state index contributed by atoms with van der Waals surface area (Å²) in [6, 6.07) is 5.77. The fraction of sp³-hybridized carbons (Fsp3) is 0.629. The lowest BCUT2D eigenvalue weighted by atomic mass is 9.74. The number of benzene rings is 1. The van der Waals surface area contributed by atoms with E-state index in [9.17, 15) is 19.5 Å². The lowest BCUT2D eigenvalue weighted by Gasteiger charge is -2.40. The number of anilines is 1. The molecule has 0 saturated carbocycles. The minimum Gasteiger partial charge on any atom is -0.494 e. The number of aliphatic hydroxyl groups excluding tert-OH is 1. The number of aliphatic hydroxyl groups is 1. The minimum absolute atomic E-state index is 0.166. The van der Waals surface area contributed by atoms with Crippen LogP contribution in [0.5, 0.6) is 5.75 Å². The Hall–Kier alpha value is -3.25. The summed E-state index contributed by atoms with van der Waals surface area (Å²) in [5.41, 5.74) is -1.80. The number of hydrogen-bond donors (Lipinski definition) is 1. The van der Waals surface area contributed by atoms with E-state index < -0.39 is 35.1 Å². The summed E-state index contributed by atoms with van der Waals surface area (Å²) in [4.78, 5) is 51.5. The van der Waals surface area contributed by atoms with Crippen LogP contribution in [0.1, 0.15) is 34.1 Å². The van der Waals surface area contributed by atoms with Crippen LogP contribution >= 0.6 is 0 Å². The molecular weight excluding hydrogens is 588 g/mol. The second-order valence-corrected chi connectivity index (χ2v) is 13.6. The molecule has 5 aliphatic heterocycles. The highest BCUT2D eigenvalue weighted by Gasteiger charge is 2.75. The zero-order valence-electron chi connectivity index (χ0n) is 27.5. The third-order valence-electron chi connectivity index (χ3n) is 10.2. The molecule has 3 saturated heterocycles. The highest BCUT2D eigenvalue weighted by Crippen LogP contribution is 2.58. The van der Waals surface area contributed by atoms with Gasteiger partial charge in [0.15, 0.2) is 0 Å². The van der Waals surface area contributed by atoms with Gasteiger partial charge in [-0.3, -0.25) is 19.3 Å². The number of hydrogen-bond acceptors (Lipinski definition) is 8. The van der Waals surface area contributed by atoms with E-state index in [1.807, 2.05) is 76.3 Å². The summed E-state index contributed by atoms with van der Waals surface area (Å²) in [6.07, 6.45) is 8.11. The van der Waals surface area contributed by atoms with Crippen molar-refractivity contribution in [2.75, 3.05) is 70.6 Å². The molecule has 5 heterocycles. The molecule has 0 bridgehead atoms. The number of carbonyl (C=O) groups is 3. The van der Waals surface area contributed by atoms with E-state index in [1.54, 1.807) is 14.7 Å². The van der Waals surface area contributed by atoms with Gasteiger partial charge in [0.25, 0.3) is 0 Å². The van der Waals surface area contributed by atoms with Crippen LogP contribution in [0.4, 0.5) is 5.69 Å². The highest BCUT2D eigenvalue weighted by atomic mass is 16.5. The van der Waals surface area contributed by atoms with Crippen LogP contribution in [0.25, 0.3) is 0 Å². The number of nitrogens with zero attached hydrogens (tertiary/aromatic N) is 4. The van der Waals surface area contributed by atoms with Crippen LogP contribution in [0, 0.1) is 17.8 Å². The zero-order chi connectivity index (χ0) is 32.6. The summed E-state index contributed by atoms with van der Waals surface area (Å²) in [7, 11) is 0. The first-order valence-electron chi connectivity index (χ1n) is 16.7. The number of amides is 3. The van der Waals surface area contributed by atoms with Gasteiger partial charge in [0, 0.05) is 45.0 Å². The smallest absolute Gasteiger partial charge is 0.249 e. The molecule has 1 aromatic rings. The predicted octanol–water partition coefficient (Wildman–Crippen LogP) is 2.10. The Bertz CT molecular complexity index is 1360. The van der Waals surface area contributed by atoms with Gasteiger partial charge in [-0.1, -0.05) is 38.2 Å². The van der Waals surface area contributed by atoms with Crippen LogP contribution in [0.3, 0.4) is 0 Å². The van der Waals surface area contributed by atoms with Crippen LogP contribution in [0.2, 0.25) is 0 Å². The van der Waals surface area contributed by atoms with Crippen molar-refractivity contribution in [3.05, 3.63) is 48.6 Å². The molecule has 0 aliphatic carbocycles. The highest BCUT2D eigenvalue weighted by molar-refractivity contribution is 6.04. The van der Waals surface area contributed by atoms with E-state index in [2.05, 4.69) is 4.90 Å². The molecule has 3 fully saturated rings. The summed E-state index contributed by atoms with van der Waals surface area (Å²) >= 11 is 0. The Morgan fingerprint density at radius 2 is 1.67 bits per heavy atom. The van der Waals surface area contributed by atoms with E-state index in [4.69, 9.17) is 14.2 Å². The van der Waals surface area contributed by atoms with Gasteiger partial charge in [0.1, 0.15) is 17.4 Å². The molecule has 0 aromatic heterocycles. The Labute approximate surface area is 271 Å². The average molecular weight is 637 g/mol.